The van der Waals surface area contributed by atoms with Crippen LogP contribution in [0.3, 0.4) is 0 Å². The predicted octanol–water partition coefficient (Wildman–Crippen LogP) is 5.56. The van der Waals surface area contributed by atoms with Crippen molar-refractivity contribution in [2.75, 3.05) is 13.1 Å². The Hall–Kier alpha value is -3.61. The molecule has 34 heavy (non-hydrogen) atoms. The smallest absolute Gasteiger partial charge is 0.121 e. The second-order valence-corrected chi connectivity index (χ2v) is 9.28. The van der Waals surface area contributed by atoms with Crippen molar-refractivity contribution < 1.29 is 10.2 Å². The van der Waals surface area contributed by atoms with E-state index in [9.17, 15) is 10.2 Å². The number of hydrogen-bond acceptors (Lipinski definition) is 4. The van der Waals surface area contributed by atoms with E-state index in [-0.39, 0.29) is 12.4 Å². The first-order valence-electron chi connectivity index (χ1n) is 11.9. The molecule has 172 valence electrons. The number of aromatic amines is 2. The number of aromatic nitrogens is 3. The maximum Gasteiger partial charge on any atom is 0.121 e. The summed E-state index contributed by atoms with van der Waals surface area (Å²) in [4.78, 5) is 6.09. The first-order valence-corrected chi connectivity index (χ1v) is 11.9. The molecule has 0 bridgehead atoms. The molecule has 5 aromatic rings. The van der Waals surface area contributed by atoms with Crippen molar-refractivity contribution in [3.05, 3.63) is 71.8 Å². The number of aromatic hydroxyl groups is 1. The Bertz CT molecular complexity index is 1480. The number of likely N-dealkylation sites (tertiary alicyclic amines) is 1. The van der Waals surface area contributed by atoms with Crippen molar-refractivity contribution in [2.45, 2.75) is 32.4 Å². The summed E-state index contributed by atoms with van der Waals surface area (Å²) in [6.07, 6.45) is 3.97. The molecule has 0 saturated carbocycles. The molecular formula is C28H28N4O2. The molecule has 6 heteroatoms. The Labute approximate surface area is 197 Å². The summed E-state index contributed by atoms with van der Waals surface area (Å²) < 4.78 is 0. The number of aliphatic hydroxyl groups excluding tert-OH is 1. The number of fused-ring (bicyclic) bond motifs is 2. The number of piperidine rings is 1. The first-order chi connectivity index (χ1) is 16.7. The van der Waals surface area contributed by atoms with E-state index in [1.807, 2.05) is 18.2 Å². The normalized spacial score (nSPS) is 14.9. The molecule has 1 aliphatic rings. The lowest BCUT2D eigenvalue weighted by atomic mass is 10.0. The maximum atomic E-state index is 9.86. The summed E-state index contributed by atoms with van der Waals surface area (Å²) in [5.41, 5.74) is 7.76. The van der Waals surface area contributed by atoms with Crippen molar-refractivity contribution in [2.24, 2.45) is 0 Å². The summed E-state index contributed by atoms with van der Waals surface area (Å²) in [7, 11) is 0. The van der Waals surface area contributed by atoms with Gasteiger partial charge in [0.25, 0.3) is 0 Å². The average Bonchev–Trinajstić information content (AvgIpc) is 3.48. The lowest BCUT2D eigenvalue weighted by Gasteiger charge is -2.26. The van der Waals surface area contributed by atoms with Crippen LogP contribution in [0.25, 0.3) is 44.3 Å². The van der Waals surface area contributed by atoms with Gasteiger partial charge in [-0.05, 0) is 85.1 Å². The lowest BCUT2D eigenvalue weighted by molar-refractivity contribution is 0.221. The van der Waals surface area contributed by atoms with Crippen LogP contribution in [-0.4, -0.2) is 43.4 Å². The summed E-state index contributed by atoms with van der Waals surface area (Å²) in [6, 6.07) is 20.3. The number of nitrogens with zero attached hydrogens (tertiary/aromatic N) is 2. The molecule has 3 aromatic carbocycles. The van der Waals surface area contributed by atoms with E-state index in [0.717, 1.165) is 45.5 Å². The zero-order valence-electron chi connectivity index (χ0n) is 19.0. The third-order valence-corrected chi connectivity index (χ3v) is 6.94. The fraction of sp³-hybridized carbons (Fsp3) is 0.250. The zero-order valence-corrected chi connectivity index (χ0v) is 19.0. The van der Waals surface area contributed by atoms with Gasteiger partial charge in [-0.15, -0.1) is 0 Å². The average molecular weight is 453 g/mol. The number of aliphatic hydroxyl groups is 1. The first kappa shape index (κ1) is 21.0. The molecule has 0 spiro atoms. The van der Waals surface area contributed by atoms with E-state index >= 15 is 0 Å². The summed E-state index contributed by atoms with van der Waals surface area (Å²) >= 11 is 0. The van der Waals surface area contributed by atoms with E-state index in [2.05, 4.69) is 56.5 Å². The SMILES string of the molecule is OCc1cc(-c2ccc3c(-c4cc5cc(CN6CCCCC6)ccc5[nH]4)n[nH]c3c2)ccc1O. The van der Waals surface area contributed by atoms with Crippen LogP contribution in [0.1, 0.15) is 30.4 Å². The van der Waals surface area contributed by atoms with E-state index in [1.165, 1.54) is 43.3 Å². The number of rotatable bonds is 5. The molecule has 0 aliphatic carbocycles. The second-order valence-electron chi connectivity index (χ2n) is 9.28. The van der Waals surface area contributed by atoms with Crippen LogP contribution >= 0.6 is 0 Å². The molecule has 1 aliphatic heterocycles. The van der Waals surface area contributed by atoms with Crippen LogP contribution < -0.4 is 0 Å². The highest BCUT2D eigenvalue weighted by molar-refractivity contribution is 5.97. The number of H-pyrrole nitrogens is 2. The second kappa shape index (κ2) is 8.63. The third-order valence-electron chi connectivity index (χ3n) is 6.94. The molecule has 1 saturated heterocycles. The maximum absolute atomic E-state index is 9.86. The predicted molar refractivity (Wildman–Crippen MR) is 136 cm³/mol. The largest absolute Gasteiger partial charge is 0.508 e. The van der Waals surface area contributed by atoms with Gasteiger partial charge in [0.1, 0.15) is 11.4 Å². The minimum Gasteiger partial charge on any atom is -0.508 e. The Morgan fingerprint density at radius 2 is 1.68 bits per heavy atom. The summed E-state index contributed by atoms with van der Waals surface area (Å²) in [5, 5.41) is 29.4. The van der Waals surface area contributed by atoms with Crippen molar-refractivity contribution in [3.63, 3.8) is 0 Å². The van der Waals surface area contributed by atoms with Gasteiger partial charge in [0.2, 0.25) is 0 Å². The van der Waals surface area contributed by atoms with E-state index in [0.29, 0.717) is 5.56 Å². The number of hydrogen-bond donors (Lipinski definition) is 4. The zero-order chi connectivity index (χ0) is 23.1. The Morgan fingerprint density at radius 1 is 0.853 bits per heavy atom. The molecule has 0 amide bonds. The molecule has 4 N–H and O–H groups in total. The highest BCUT2D eigenvalue weighted by atomic mass is 16.3. The van der Waals surface area contributed by atoms with Gasteiger partial charge in [-0.3, -0.25) is 10.00 Å². The Morgan fingerprint density at radius 3 is 2.53 bits per heavy atom. The minimum atomic E-state index is -0.198. The van der Waals surface area contributed by atoms with Crippen LogP contribution in [0.2, 0.25) is 0 Å². The van der Waals surface area contributed by atoms with Gasteiger partial charge >= 0.3 is 0 Å². The van der Waals surface area contributed by atoms with Crippen LogP contribution in [0.15, 0.2) is 60.7 Å². The fourth-order valence-corrected chi connectivity index (χ4v) is 5.08. The topological polar surface area (TPSA) is 88.2 Å². The summed E-state index contributed by atoms with van der Waals surface area (Å²) in [5.74, 6) is 0.106. The minimum absolute atomic E-state index is 0.106. The number of benzene rings is 3. The van der Waals surface area contributed by atoms with Crippen molar-refractivity contribution in [1.82, 2.24) is 20.1 Å². The molecule has 1 fully saturated rings. The highest BCUT2D eigenvalue weighted by Gasteiger charge is 2.14. The monoisotopic (exact) mass is 452 g/mol. The van der Waals surface area contributed by atoms with E-state index in [1.54, 1.807) is 6.07 Å². The fourth-order valence-electron chi connectivity index (χ4n) is 5.08. The van der Waals surface area contributed by atoms with Gasteiger partial charge in [-0.25, -0.2) is 0 Å². The molecule has 6 nitrogen and oxygen atoms in total. The Balaban J connectivity index is 1.31. The van der Waals surface area contributed by atoms with Crippen LogP contribution in [0.4, 0.5) is 0 Å². The Kier molecular flexibility index (Phi) is 5.32. The molecule has 6 rings (SSSR count). The highest BCUT2D eigenvalue weighted by Crippen LogP contribution is 2.33. The van der Waals surface area contributed by atoms with Gasteiger partial charge < -0.3 is 15.2 Å². The van der Waals surface area contributed by atoms with Gasteiger partial charge in [0.15, 0.2) is 0 Å². The quantitative estimate of drug-likeness (QED) is 0.281. The van der Waals surface area contributed by atoms with Gasteiger partial charge in [0, 0.05) is 28.4 Å². The molecule has 0 radical (unpaired) electrons. The van der Waals surface area contributed by atoms with Crippen molar-refractivity contribution in [3.8, 4) is 28.3 Å². The molecule has 3 heterocycles. The van der Waals surface area contributed by atoms with E-state index < -0.39 is 0 Å². The standard InChI is InChI=1S/C28H28N4O2/c33-17-22-13-19(6-9-27(22)34)20-5-7-23-25(14-20)30-31-28(23)26-15-21-12-18(4-8-24(21)29-26)16-32-10-2-1-3-11-32/h4-9,12-15,29,33-34H,1-3,10-11,16-17H2,(H,30,31). The lowest BCUT2D eigenvalue weighted by Crippen LogP contribution is -2.28. The molecule has 0 atom stereocenters. The summed E-state index contributed by atoms with van der Waals surface area (Å²) in [6.45, 7) is 3.21. The van der Waals surface area contributed by atoms with Crippen molar-refractivity contribution in [1.29, 1.82) is 0 Å². The van der Waals surface area contributed by atoms with Crippen LogP contribution in [0, 0.1) is 0 Å². The van der Waals surface area contributed by atoms with E-state index in [4.69, 9.17) is 0 Å². The van der Waals surface area contributed by atoms with Crippen molar-refractivity contribution >= 4 is 21.8 Å². The van der Waals surface area contributed by atoms with Gasteiger partial charge in [-0.2, -0.15) is 5.10 Å². The van der Waals surface area contributed by atoms with Gasteiger partial charge in [-0.1, -0.05) is 24.6 Å². The molecule has 2 aromatic heterocycles. The van der Waals surface area contributed by atoms with Crippen LogP contribution in [-0.2, 0) is 13.2 Å². The van der Waals surface area contributed by atoms with Gasteiger partial charge in [0.05, 0.1) is 17.8 Å². The third kappa shape index (κ3) is 3.85. The molecular weight excluding hydrogens is 424 g/mol. The van der Waals surface area contributed by atoms with Crippen LogP contribution in [0.5, 0.6) is 5.75 Å². The molecule has 0 unspecified atom stereocenters. The number of phenols is 1. The number of nitrogens with one attached hydrogen (secondary N) is 2.